The van der Waals surface area contributed by atoms with E-state index in [0.29, 0.717) is 5.92 Å². The molecule has 0 aliphatic carbocycles. The highest BCUT2D eigenvalue weighted by atomic mass is 32.1. The lowest BCUT2D eigenvalue weighted by Gasteiger charge is -2.14. The van der Waals surface area contributed by atoms with Gasteiger partial charge in [0.2, 0.25) is 0 Å². The second-order valence-electron chi connectivity index (χ2n) is 4.45. The minimum Gasteiger partial charge on any atom is -0.481 e. The molecule has 84 valence electrons. The van der Waals surface area contributed by atoms with Gasteiger partial charge in [-0.1, -0.05) is 27.7 Å². The van der Waals surface area contributed by atoms with Crippen LogP contribution in [0.3, 0.4) is 0 Å². The number of thiophene rings is 1. The SMILES string of the molecule is CC(C)c1ccc(C(C(=O)O)C(C)C)s1. The van der Waals surface area contributed by atoms with Crippen LogP contribution in [0.25, 0.3) is 0 Å². The van der Waals surface area contributed by atoms with Crippen LogP contribution in [0.2, 0.25) is 0 Å². The Morgan fingerprint density at radius 3 is 2.07 bits per heavy atom. The summed E-state index contributed by atoms with van der Waals surface area (Å²) in [6.07, 6.45) is 0. The summed E-state index contributed by atoms with van der Waals surface area (Å²) in [6, 6.07) is 4.00. The molecule has 0 saturated carbocycles. The van der Waals surface area contributed by atoms with Gasteiger partial charge in [0, 0.05) is 9.75 Å². The third kappa shape index (κ3) is 2.81. The van der Waals surface area contributed by atoms with E-state index in [1.165, 1.54) is 4.88 Å². The summed E-state index contributed by atoms with van der Waals surface area (Å²) in [5.74, 6) is -0.462. The Morgan fingerprint density at radius 1 is 1.20 bits per heavy atom. The number of hydrogen-bond donors (Lipinski definition) is 1. The van der Waals surface area contributed by atoms with Crippen LogP contribution < -0.4 is 0 Å². The molecule has 1 heterocycles. The molecule has 0 bridgehead atoms. The molecular weight excluding hydrogens is 208 g/mol. The smallest absolute Gasteiger partial charge is 0.312 e. The van der Waals surface area contributed by atoms with Gasteiger partial charge >= 0.3 is 5.97 Å². The zero-order valence-corrected chi connectivity index (χ0v) is 10.5. The van der Waals surface area contributed by atoms with E-state index in [1.807, 2.05) is 26.0 Å². The van der Waals surface area contributed by atoms with E-state index in [4.69, 9.17) is 5.11 Å². The first-order valence-electron chi connectivity index (χ1n) is 5.26. The number of carboxylic acids is 1. The third-order valence-electron chi connectivity index (χ3n) is 2.46. The lowest BCUT2D eigenvalue weighted by atomic mass is 9.94. The predicted molar refractivity (Wildman–Crippen MR) is 63.6 cm³/mol. The van der Waals surface area contributed by atoms with E-state index < -0.39 is 5.97 Å². The molecule has 0 aliphatic heterocycles. The molecule has 3 heteroatoms. The Kier molecular flexibility index (Phi) is 3.91. The number of rotatable bonds is 4. The van der Waals surface area contributed by atoms with Crippen LogP contribution in [0.1, 0.15) is 49.3 Å². The van der Waals surface area contributed by atoms with Crippen molar-refractivity contribution >= 4 is 17.3 Å². The fourth-order valence-electron chi connectivity index (χ4n) is 1.58. The van der Waals surface area contributed by atoms with Crippen molar-refractivity contribution in [1.29, 1.82) is 0 Å². The van der Waals surface area contributed by atoms with Crippen LogP contribution >= 0.6 is 11.3 Å². The highest BCUT2D eigenvalue weighted by Gasteiger charge is 2.25. The lowest BCUT2D eigenvalue weighted by Crippen LogP contribution is -2.16. The van der Waals surface area contributed by atoms with Crippen molar-refractivity contribution in [2.24, 2.45) is 5.92 Å². The molecule has 15 heavy (non-hydrogen) atoms. The van der Waals surface area contributed by atoms with Crippen LogP contribution in [0.5, 0.6) is 0 Å². The minimum absolute atomic E-state index is 0.140. The molecule has 0 radical (unpaired) electrons. The average Bonchev–Trinajstić information content (AvgIpc) is 2.51. The molecule has 1 N–H and O–H groups in total. The van der Waals surface area contributed by atoms with Crippen LogP contribution in [0, 0.1) is 5.92 Å². The van der Waals surface area contributed by atoms with Gasteiger partial charge in [-0.15, -0.1) is 11.3 Å². The highest BCUT2D eigenvalue weighted by Crippen LogP contribution is 2.33. The van der Waals surface area contributed by atoms with Crippen molar-refractivity contribution in [2.45, 2.75) is 39.5 Å². The van der Waals surface area contributed by atoms with Crippen molar-refractivity contribution in [3.8, 4) is 0 Å². The molecule has 0 aromatic carbocycles. The monoisotopic (exact) mass is 226 g/mol. The van der Waals surface area contributed by atoms with Gasteiger partial charge in [0.05, 0.1) is 5.92 Å². The zero-order valence-electron chi connectivity index (χ0n) is 9.65. The fourth-order valence-corrected chi connectivity index (χ4v) is 2.86. The fraction of sp³-hybridized carbons (Fsp3) is 0.583. The Hall–Kier alpha value is -0.830. The molecule has 0 saturated heterocycles. The average molecular weight is 226 g/mol. The maximum absolute atomic E-state index is 11.1. The van der Waals surface area contributed by atoms with Crippen LogP contribution in [0.15, 0.2) is 12.1 Å². The molecular formula is C12H18O2S. The molecule has 1 unspecified atom stereocenters. The van der Waals surface area contributed by atoms with Crippen molar-refractivity contribution in [3.63, 3.8) is 0 Å². The number of hydrogen-bond acceptors (Lipinski definition) is 2. The van der Waals surface area contributed by atoms with Gasteiger partial charge in [-0.3, -0.25) is 4.79 Å². The predicted octanol–water partition coefficient (Wildman–Crippen LogP) is 3.70. The lowest BCUT2D eigenvalue weighted by molar-refractivity contribution is -0.139. The zero-order chi connectivity index (χ0) is 11.6. The van der Waals surface area contributed by atoms with Crippen molar-refractivity contribution in [3.05, 3.63) is 21.9 Å². The van der Waals surface area contributed by atoms with Gasteiger partial charge in [-0.05, 0) is 24.0 Å². The van der Waals surface area contributed by atoms with E-state index in [2.05, 4.69) is 13.8 Å². The maximum atomic E-state index is 11.1. The highest BCUT2D eigenvalue weighted by molar-refractivity contribution is 7.12. The molecule has 0 aliphatic rings. The Balaban J connectivity index is 2.97. The van der Waals surface area contributed by atoms with Gasteiger partial charge in [0.1, 0.15) is 0 Å². The van der Waals surface area contributed by atoms with Crippen LogP contribution in [-0.4, -0.2) is 11.1 Å². The summed E-state index contributed by atoms with van der Waals surface area (Å²) in [5, 5.41) is 9.15. The summed E-state index contributed by atoms with van der Waals surface area (Å²) in [5.41, 5.74) is 0. The van der Waals surface area contributed by atoms with E-state index >= 15 is 0 Å². The van der Waals surface area contributed by atoms with Gasteiger partial charge < -0.3 is 5.11 Å². The Labute approximate surface area is 94.9 Å². The molecule has 0 spiro atoms. The second kappa shape index (κ2) is 4.79. The quantitative estimate of drug-likeness (QED) is 0.850. The summed E-state index contributed by atoms with van der Waals surface area (Å²) in [4.78, 5) is 13.4. The van der Waals surface area contributed by atoms with E-state index in [1.54, 1.807) is 11.3 Å². The Bertz CT molecular complexity index is 339. The minimum atomic E-state index is -0.720. The largest absolute Gasteiger partial charge is 0.481 e. The molecule has 1 aromatic heterocycles. The summed E-state index contributed by atoms with van der Waals surface area (Å²) in [7, 11) is 0. The standard InChI is InChI=1S/C12H18O2S/c1-7(2)9-5-6-10(15-9)11(8(3)4)12(13)14/h5-8,11H,1-4H3,(H,13,14). The molecule has 0 amide bonds. The van der Waals surface area contributed by atoms with Gasteiger partial charge in [-0.2, -0.15) is 0 Å². The molecule has 2 nitrogen and oxygen atoms in total. The van der Waals surface area contributed by atoms with E-state index in [-0.39, 0.29) is 11.8 Å². The Morgan fingerprint density at radius 2 is 1.73 bits per heavy atom. The second-order valence-corrected chi connectivity index (χ2v) is 5.60. The number of carboxylic acid groups (broad SMARTS) is 1. The van der Waals surface area contributed by atoms with E-state index in [0.717, 1.165) is 4.88 Å². The van der Waals surface area contributed by atoms with E-state index in [9.17, 15) is 4.79 Å². The van der Waals surface area contributed by atoms with Crippen molar-refractivity contribution in [1.82, 2.24) is 0 Å². The normalized spacial score (nSPS) is 13.5. The molecule has 0 fully saturated rings. The molecule has 1 aromatic rings. The first-order valence-corrected chi connectivity index (χ1v) is 6.07. The summed E-state index contributed by atoms with van der Waals surface area (Å²) in [6.45, 7) is 8.16. The third-order valence-corrected chi connectivity index (χ3v) is 3.92. The van der Waals surface area contributed by atoms with Gasteiger partial charge in [0.25, 0.3) is 0 Å². The van der Waals surface area contributed by atoms with Crippen molar-refractivity contribution < 1.29 is 9.90 Å². The summed E-state index contributed by atoms with van der Waals surface area (Å²) < 4.78 is 0. The first-order chi connectivity index (χ1) is 6.93. The number of carbonyl (C=O) groups is 1. The molecule has 1 atom stereocenters. The number of aliphatic carboxylic acids is 1. The first kappa shape index (κ1) is 12.2. The van der Waals surface area contributed by atoms with Gasteiger partial charge in [0.15, 0.2) is 0 Å². The summed E-state index contributed by atoms with van der Waals surface area (Å²) >= 11 is 1.62. The van der Waals surface area contributed by atoms with Gasteiger partial charge in [-0.25, -0.2) is 0 Å². The molecule has 1 rings (SSSR count). The van der Waals surface area contributed by atoms with Crippen LogP contribution in [0.4, 0.5) is 0 Å². The van der Waals surface area contributed by atoms with Crippen molar-refractivity contribution in [2.75, 3.05) is 0 Å². The maximum Gasteiger partial charge on any atom is 0.312 e. The topological polar surface area (TPSA) is 37.3 Å². The van der Waals surface area contributed by atoms with Crippen LogP contribution in [-0.2, 0) is 4.79 Å².